The maximum atomic E-state index is 12.8. The van der Waals surface area contributed by atoms with Gasteiger partial charge in [0.2, 0.25) is 0 Å². The van der Waals surface area contributed by atoms with Crippen LogP contribution in [0.3, 0.4) is 0 Å². The number of ether oxygens (including phenoxy) is 1. The molecule has 170 valence electrons. The fourth-order valence-corrected chi connectivity index (χ4v) is 7.63. The molecule has 0 saturated heterocycles. The highest BCUT2D eigenvalue weighted by Gasteiger charge is 2.67. The van der Waals surface area contributed by atoms with Gasteiger partial charge in [0.25, 0.3) is 5.91 Å². The van der Waals surface area contributed by atoms with Crippen LogP contribution >= 0.6 is 0 Å². The van der Waals surface area contributed by atoms with Gasteiger partial charge in [-0.3, -0.25) is 4.79 Å². The summed E-state index contributed by atoms with van der Waals surface area (Å²) in [4.78, 5) is 14.4. The summed E-state index contributed by atoms with van der Waals surface area (Å²) in [6.07, 6.45) is 4.04. The lowest BCUT2D eigenvalue weighted by molar-refractivity contribution is -0.210. The third-order valence-corrected chi connectivity index (χ3v) is 9.54. The van der Waals surface area contributed by atoms with Gasteiger partial charge >= 0.3 is 0 Å². The molecule has 2 fully saturated rings. The van der Waals surface area contributed by atoms with Gasteiger partial charge < -0.3 is 25.0 Å². The molecule has 1 aromatic rings. The van der Waals surface area contributed by atoms with Crippen molar-refractivity contribution < 1.29 is 24.9 Å². The predicted molar refractivity (Wildman–Crippen MR) is 116 cm³/mol. The molecule has 3 N–H and O–H groups in total. The number of nitrogens with zero attached hydrogens (tertiary/aromatic N) is 1. The summed E-state index contributed by atoms with van der Waals surface area (Å²) >= 11 is 0. The fourth-order valence-electron chi connectivity index (χ4n) is 7.63. The number of carbonyl (C=O) groups is 1. The molecular formula is C25H35NO5. The van der Waals surface area contributed by atoms with Gasteiger partial charge in [-0.25, -0.2) is 0 Å². The van der Waals surface area contributed by atoms with Gasteiger partial charge in [0.05, 0.1) is 24.8 Å². The van der Waals surface area contributed by atoms with E-state index in [1.807, 2.05) is 0 Å². The molecule has 0 aromatic heterocycles. The fraction of sp³-hybridized carbons (Fsp3) is 0.720. The number of hydrogen-bond acceptors (Lipinski definition) is 5. The number of rotatable bonds is 2. The third-order valence-electron chi connectivity index (χ3n) is 9.54. The van der Waals surface area contributed by atoms with Gasteiger partial charge in [-0.05, 0) is 49.0 Å². The molecule has 0 unspecified atom stereocenters. The maximum absolute atomic E-state index is 12.8. The lowest BCUT2D eigenvalue weighted by Crippen LogP contribution is -2.66. The number of amides is 1. The van der Waals surface area contributed by atoms with Gasteiger partial charge in [-0.2, -0.15) is 0 Å². The zero-order valence-electron chi connectivity index (χ0n) is 19.1. The molecule has 2 saturated carbocycles. The number of aliphatic hydroxyl groups excluding tert-OH is 2. The SMILES string of the molecule is C[C@H]1CC[C@H]2C(C)(C)[C@H](O)CC[C@]2(C)[C@]12Cc1c(O)cc3c(c1O2)CN(CCO)C3=O. The number of aromatic hydroxyl groups is 1. The monoisotopic (exact) mass is 429 g/mol. The van der Waals surface area contributed by atoms with Crippen molar-refractivity contribution in [1.29, 1.82) is 0 Å². The molecule has 5 rings (SSSR count). The first-order chi connectivity index (χ1) is 14.6. The van der Waals surface area contributed by atoms with Crippen molar-refractivity contribution in [3.63, 3.8) is 0 Å². The molecule has 1 aromatic carbocycles. The number of carbonyl (C=O) groups excluding carboxylic acids is 1. The molecule has 31 heavy (non-hydrogen) atoms. The van der Waals surface area contributed by atoms with Crippen LogP contribution in [0.5, 0.6) is 11.5 Å². The minimum atomic E-state index is -0.463. The highest BCUT2D eigenvalue weighted by molar-refractivity contribution is 6.00. The van der Waals surface area contributed by atoms with Crippen molar-refractivity contribution in [1.82, 2.24) is 4.90 Å². The Morgan fingerprint density at radius 3 is 2.65 bits per heavy atom. The quantitative estimate of drug-likeness (QED) is 0.671. The second-order valence-corrected chi connectivity index (χ2v) is 11.2. The van der Waals surface area contributed by atoms with E-state index in [0.717, 1.165) is 36.8 Å². The van der Waals surface area contributed by atoms with Crippen LogP contribution in [-0.2, 0) is 13.0 Å². The van der Waals surface area contributed by atoms with E-state index >= 15 is 0 Å². The molecule has 6 heteroatoms. The largest absolute Gasteiger partial charge is 0.508 e. The highest BCUT2D eigenvalue weighted by Crippen LogP contribution is 2.67. The zero-order valence-corrected chi connectivity index (χ0v) is 19.1. The lowest BCUT2D eigenvalue weighted by Gasteiger charge is -2.64. The Bertz CT molecular complexity index is 942. The van der Waals surface area contributed by atoms with Crippen LogP contribution < -0.4 is 4.74 Å². The average Bonchev–Trinajstić information content (AvgIpc) is 3.26. The van der Waals surface area contributed by atoms with Crippen LogP contribution in [0.15, 0.2) is 6.07 Å². The summed E-state index contributed by atoms with van der Waals surface area (Å²) < 4.78 is 6.96. The van der Waals surface area contributed by atoms with Crippen LogP contribution in [0.25, 0.3) is 0 Å². The van der Waals surface area contributed by atoms with E-state index in [4.69, 9.17) is 4.74 Å². The van der Waals surface area contributed by atoms with Crippen molar-refractivity contribution >= 4 is 5.91 Å². The molecule has 2 heterocycles. The minimum absolute atomic E-state index is 0.0904. The van der Waals surface area contributed by atoms with Crippen LogP contribution in [0.2, 0.25) is 0 Å². The molecule has 6 nitrogen and oxygen atoms in total. The normalized spacial score (nSPS) is 38.1. The summed E-state index contributed by atoms with van der Waals surface area (Å²) in [5.74, 6) is 1.28. The van der Waals surface area contributed by atoms with Crippen LogP contribution in [0.4, 0.5) is 0 Å². The Morgan fingerprint density at radius 1 is 1.19 bits per heavy atom. The Balaban J connectivity index is 1.61. The molecule has 2 aliphatic carbocycles. The van der Waals surface area contributed by atoms with Crippen molar-refractivity contribution in [2.24, 2.45) is 22.7 Å². The molecule has 2 aliphatic heterocycles. The van der Waals surface area contributed by atoms with E-state index in [1.54, 1.807) is 11.0 Å². The first-order valence-corrected chi connectivity index (χ1v) is 11.7. The highest BCUT2D eigenvalue weighted by atomic mass is 16.5. The van der Waals surface area contributed by atoms with E-state index in [1.165, 1.54) is 0 Å². The Labute approximate surface area is 184 Å². The standard InChI is InChI=1S/C25H35NO5/c1-14-5-6-19-23(2,3)20(29)7-8-24(19,4)25(14)12-16-18(28)11-15-17(21(16)31-25)13-26(9-10-27)22(15)30/h11,14,19-20,27-29H,5-10,12-13H2,1-4H3/t14-,19-,20+,24-,25-/m0/s1. The second kappa shape index (κ2) is 6.61. The number of fused-ring (bicyclic) bond motifs is 5. The van der Waals surface area contributed by atoms with Crippen LogP contribution in [0.1, 0.15) is 74.9 Å². The van der Waals surface area contributed by atoms with Gasteiger partial charge in [0.1, 0.15) is 17.1 Å². The molecule has 1 spiro atoms. The smallest absolute Gasteiger partial charge is 0.254 e. The Morgan fingerprint density at radius 2 is 1.94 bits per heavy atom. The van der Waals surface area contributed by atoms with Crippen molar-refractivity contribution in [2.75, 3.05) is 13.2 Å². The number of phenols is 1. The summed E-state index contributed by atoms with van der Waals surface area (Å²) in [5.41, 5.74) is 1.35. The van der Waals surface area contributed by atoms with Gasteiger partial charge in [-0.1, -0.05) is 27.7 Å². The minimum Gasteiger partial charge on any atom is -0.508 e. The molecular weight excluding hydrogens is 394 g/mol. The lowest BCUT2D eigenvalue weighted by atomic mass is 9.43. The summed E-state index contributed by atoms with van der Waals surface area (Å²) in [7, 11) is 0. The summed E-state index contributed by atoms with van der Waals surface area (Å²) in [6, 6.07) is 1.60. The zero-order chi connectivity index (χ0) is 22.3. The molecule has 4 aliphatic rings. The second-order valence-electron chi connectivity index (χ2n) is 11.2. The van der Waals surface area contributed by atoms with Crippen molar-refractivity contribution in [3.05, 3.63) is 22.8 Å². The van der Waals surface area contributed by atoms with Crippen molar-refractivity contribution in [3.8, 4) is 11.5 Å². The van der Waals surface area contributed by atoms with Gasteiger partial charge in [0, 0.05) is 29.5 Å². The first-order valence-electron chi connectivity index (χ1n) is 11.7. The molecule has 0 radical (unpaired) electrons. The number of hydrogen-bond donors (Lipinski definition) is 3. The van der Waals surface area contributed by atoms with Crippen LogP contribution in [-0.4, -0.2) is 51.0 Å². The maximum Gasteiger partial charge on any atom is 0.254 e. The summed E-state index contributed by atoms with van der Waals surface area (Å²) in [5, 5.41) is 31.1. The van der Waals surface area contributed by atoms with E-state index in [0.29, 0.717) is 36.1 Å². The van der Waals surface area contributed by atoms with Crippen LogP contribution in [0, 0.1) is 22.7 Å². The van der Waals surface area contributed by atoms with Crippen molar-refractivity contribution in [2.45, 2.75) is 78.0 Å². The number of β-amino-alcohol motifs (C(OH)–C–C–N with tert-alkyl or cyclic N) is 1. The molecule has 0 bridgehead atoms. The predicted octanol–water partition coefficient (Wildman–Crippen LogP) is 3.25. The number of phenolic OH excluding ortho intramolecular Hbond substituents is 1. The van der Waals surface area contributed by atoms with Gasteiger partial charge in [-0.15, -0.1) is 0 Å². The average molecular weight is 430 g/mol. The van der Waals surface area contributed by atoms with E-state index in [-0.39, 0.29) is 41.7 Å². The van der Waals surface area contributed by atoms with E-state index in [2.05, 4.69) is 27.7 Å². The first kappa shape index (κ1) is 21.1. The molecule has 5 atom stereocenters. The third kappa shape index (κ3) is 2.55. The van der Waals surface area contributed by atoms with Gasteiger partial charge in [0.15, 0.2) is 0 Å². The Kier molecular flexibility index (Phi) is 4.49. The number of aliphatic hydroxyl groups is 2. The van der Waals surface area contributed by atoms with E-state index < -0.39 is 5.60 Å². The Hall–Kier alpha value is -1.79. The topological polar surface area (TPSA) is 90.2 Å². The summed E-state index contributed by atoms with van der Waals surface area (Å²) in [6.45, 7) is 9.55. The van der Waals surface area contributed by atoms with E-state index in [9.17, 15) is 20.1 Å². The number of benzene rings is 1. The molecule has 1 amide bonds.